The van der Waals surface area contributed by atoms with Gasteiger partial charge < -0.3 is 19.7 Å². The average molecular weight is 396 g/mol. The van der Waals surface area contributed by atoms with Gasteiger partial charge in [0.25, 0.3) is 11.8 Å². The number of hydrogen-bond donors (Lipinski definition) is 1. The normalized spacial score (nSPS) is 22.9. The van der Waals surface area contributed by atoms with Crippen molar-refractivity contribution in [3.8, 4) is 5.75 Å². The Hall–Kier alpha value is -2.62. The molecule has 10 heteroatoms. The van der Waals surface area contributed by atoms with E-state index in [4.69, 9.17) is 9.47 Å². The summed E-state index contributed by atoms with van der Waals surface area (Å²) in [5, 5.41) is 2.64. The van der Waals surface area contributed by atoms with Crippen molar-refractivity contribution in [3.05, 3.63) is 24.3 Å². The lowest BCUT2D eigenvalue weighted by Crippen LogP contribution is -2.41. The fraction of sp³-hybridized carbons (Fsp3) is 0.471. The van der Waals surface area contributed by atoms with Crippen molar-refractivity contribution in [2.24, 2.45) is 0 Å². The number of hydrogen-bond acceptors (Lipinski definition) is 7. The van der Waals surface area contributed by atoms with Crippen LogP contribution >= 0.6 is 0 Å². The molecule has 146 valence electrons. The van der Waals surface area contributed by atoms with Gasteiger partial charge in [-0.1, -0.05) is 12.1 Å². The van der Waals surface area contributed by atoms with Gasteiger partial charge in [0.1, 0.15) is 5.75 Å². The third-order valence-electron chi connectivity index (χ3n) is 4.56. The number of carbonyl (C=O) groups excluding carboxylic acids is 3. The summed E-state index contributed by atoms with van der Waals surface area (Å²) in [6, 6.07) is 6.42. The highest BCUT2D eigenvalue weighted by molar-refractivity contribution is 7.91. The average Bonchev–Trinajstić information content (AvgIpc) is 2.99. The zero-order chi connectivity index (χ0) is 19.6. The Bertz CT molecular complexity index is 868. The molecule has 3 rings (SSSR count). The topological polar surface area (TPSA) is 119 Å². The van der Waals surface area contributed by atoms with Crippen LogP contribution in [-0.4, -0.2) is 68.4 Å². The van der Waals surface area contributed by atoms with Crippen molar-refractivity contribution >= 4 is 33.3 Å². The molecule has 27 heavy (non-hydrogen) atoms. The van der Waals surface area contributed by atoms with Crippen LogP contribution in [0.1, 0.15) is 12.8 Å². The molecule has 1 aromatic rings. The SMILES string of the molecule is CN(C(=O)COC(=O)CC1Oc2ccccc2NC1=O)C1CCS(=O)(=O)C1. The van der Waals surface area contributed by atoms with Gasteiger partial charge in [-0.3, -0.25) is 14.4 Å². The molecule has 1 N–H and O–H groups in total. The molecule has 2 amide bonds. The summed E-state index contributed by atoms with van der Waals surface area (Å²) in [6.07, 6.45) is -1.01. The summed E-state index contributed by atoms with van der Waals surface area (Å²) >= 11 is 0. The number of para-hydroxylation sites is 2. The zero-order valence-corrected chi connectivity index (χ0v) is 15.5. The number of nitrogens with one attached hydrogen (secondary N) is 1. The Labute approximate surface area is 156 Å². The lowest BCUT2D eigenvalue weighted by Gasteiger charge is -2.25. The number of amides is 2. The first kappa shape index (κ1) is 19.2. The number of anilines is 1. The van der Waals surface area contributed by atoms with Crippen LogP contribution in [0.4, 0.5) is 5.69 Å². The third-order valence-corrected chi connectivity index (χ3v) is 6.32. The molecule has 2 unspecified atom stereocenters. The molecule has 0 spiro atoms. The van der Waals surface area contributed by atoms with Gasteiger partial charge in [-0.2, -0.15) is 0 Å². The Balaban J connectivity index is 1.48. The largest absolute Gasteiger partial charge is 0.478 e. The summed E-state index contributed by atoms with van der Waals surface area (Å²) in [7, 11) is -1.64. The number of sulfone groups is 1. The molecule has 9 nitrogen and oxygen atoms in total. The Morgan fingerprint density at radius 3 is 2.78 bits per heavy atom. The second kappa shape index (κ2) is 7.55. The van der Waals surface area contributed by atoms with E-state index in [9.17, 15) is 22.8 Å². The van der Waals surface area contributed by atoms with E-state index in [1.807, 2.05) is 0 Å². The smallest absolute Gasteiger partial charge is 0.310 e. The highest BCUT2D eigenvalue weighted by atomic mass is 32.2. The molecule has 2 atom stereocenters. The monoisotopic (exact) mass is 396 g/mol. The molecule has 1 saturated heterocycles. The number of esters is 1. The van der Waals surface area contributed by atoms with E-state index in [0.717, 1.165) is 0 Å². The maximum absolute atomic E-state index is 12.1. The number of fused-ring (bicyclic) bond motifs is 1. The fourth-order valence-electron chi connectivity index (χ4n) is 2.97. The zero-order valence-electron chi connectivity index (χ0n) is 14.7. The van der Waals surface area contributed by atoms with Crippen molar-refractivity contribution in [2.75, 3.05) is 30.5 Å². The Morgan fingerprint density at radius 1 is 1.33 bits per heavy atom. The van der Waals surface area contributed by atoms with Crippen LogP contribution in [0.25, 0.3) is 0 Å². The standard InChI is InChI=1S/C17H20N2O7S/c1-19(11-6-7-27(23,24)10-11)15(20)9-25-16(21)8-14-17(22)18-12-4-2-3-5-13(12)26-14/h2-5,11,14H,6-10H2,1H3,(H,18,22). The van der Waals surface area contributed by atoms with Crippen molar-refractivity contribution < 1.29 is 32.3 Å². The van der Waals surface area contributed by atoms with Gasteiger partial charge in [-0.05, 0) is 18.6 Å². The van der Waals surface area contributed by atoms with Gasteiger partial charge in [0.15, 0.2) is 22.5 Å². The summed E-state index contributed by atoms with van der Waals surface area (Å²) < 4.78 is 33.4. The van der Waals surface area contributed by atoms with E-state index in [1.165, 1.54) is 11.9 Å². The van der Waals surface area contributed by atoms with E-state index < -0.39 is 46.4 Å². The maximum Gasteiger partial charge on any atom is 0.310 e. The van der Waals surface area contributed by atoms with Crippen LogP contribution < -0.4 is 10.1 Å². The summed E-state index contributed by atoms with van der Waals surface area (Å²) in [6.45, 7) is -0.517. The minimum absolute atomic E-state index is 0.0463. The van der Waals surface area contributed by atoms with Crippen LogP contribution in [0.3, 0.4) is 0 Å². The van der Waals surface area contributed by atoms with Gasteiger partial charge >= 0.3 is 5.97 Å². The van der Waals surface area contributed by atoms with E-state index >= 15 is 0 Å². The van der Waals surface area contributed by atoms with E-state index in [-0.39, 0.29) is 17.9 Å². The minimum Gasteiger partial charge on any atom is -0.478 e. The number of likely N-dealkylation sites (N-methyl/N-ethyl adjacent to an activating group) is 1. The Morgan fingerprint density at radius 2 is 2.07 bits per heavy atom. The van der Waals surface area contributed by atoms with Gasteiger partial charge in [0.05, 0.1) is 23.6 Å². The molecule has 0 bridgehead atoms. The van der Waals surface area contributed by atoms with Crippen molar-refractivity contribution in [1.82, 2.24) is 4.90 Å². The highest BCUT2D eigenvalue weighted by Crippen LogP contribution is 2.29. The maximum atomic E-state index is 12.1. The molecule has 1 aromatic carbocycles. The van der Waals surface area contributed by atoms with Crippen LogP contribution in [-0.2, 0) is 29.0 Å². The predicted octanol–water partition coefficient (Wildman–Crippen LogP) is -0.0351. The van der Waals surface area contributed by atoms with Crippen LogP contribution in [0.2, 0.25) is 0 Å². The first-order chi connectivity index (χ1) is 12.7. The second-order valence-electron chi connectivity index (χ2n) is 6.52. The Kier molecular flexibility index (Phi) is 5.36. The molecule has 2 aliphatic rings. The van der Waals surface area contributed by atoms with E-state index in [0.29, 0.717) is 17.9 Å². The lowest BCUT2D eigenvalue weighted by atomic mass is 10.1. The number of benzene rings is 1. The van der Waals surface area contributed by atoms with Crippen molar-refractivity contribution in [3.63, 3.8) is 0 Å². The van der Waals surface area contributed by atoms with Crippen molar-refractivity contribution in [2.45, 2.75) is 25.0 Å². The lowest BCUT2D eigenvalue weighted by molar-refractivity contribution is -0.154. The predicted molar refractivity (Wildman–Crippen MR) is 94.9 cm³/mol. The molecule has 2 heterocycles. The summed E-state index contributed by atoms with van der Waals surface area (Å²) in [4.78, 5) is 37.4. The number of carbonyl (C=O) groups is 3. The van der Waals surface area contributed by atoms with Gasteiger partial charge in [-0.25, -0.2) is 8.42 Å². The minimum atomic E-state index is -3.12. The van der Waals surface area contributed by atoms with Gasteiger partial charge in [0.2, 0.25) is 0 Å². The molecular weight excluding hydrogens is 376 g/mol. The summed E-state index contributed by atoms with van der Waals surface area (Å²) in [5.74, 6) is -1.30. The first-order valence-electron chi connectivity index (χ1n) is 8.43. The quantitative estimate of drug-likeness (QED) is 0.694. The van der Waals surface area contributed by atoms with Crippen LogP contribution in [0.5, 0.6) is 5.75 Å². The third kappa shape index (κ3) is 4.57. The molecule has 0 aliphatic carbocycles. The van der Waals surface area contributed by atoms with E-state index in [1.54, 1.807) is 24.3 Å². The molecular formula is C17H20N2O7S. The van der Waals surface area contributed by atoms with E-state index in [2.05, 4.69) is 5.32 Å². The molecule has 0 radical (unpaired) electrons. The fourth-order valence-corrected chi connectivity index (χ4v) is 4.74. The molecule has 0 aromatic heterocycles. The number of ether oxygens (including phenoxy) is 2. The van der Waals surface area contributed by atoms with Gasteiger partial charge in [-0.15, -0.1) is 0 Å². The molecule has 1 fully saturated rings. The number of nitrogens with zero attached hydrogens (tertiary/aromatic N) is 1. The summed E-state index contributed by atoms with van der Waals surface area (Å²) in [5.41, 5.74) is 0.524. The van der Waals surface area contributed by atoms with Gasteiger partial charge in [0, 0.05) is 13.1 Å². The molecule has 0 saturated carbocycles. The second-order valence-corrected chi connectivity index (χ2v) is 8.75. The number of rotatable bonds is 5. The van der Waals surface area contributed by atoms with Crippen LogP contribution in [0.15, 0.2) is 24.3 Å². The highest BCUT2D eigenvalue weighted by Gasteiger charge is 2.34. The first-order valence-corrected chi connectivity index (χ1v) is 10.3. The van der Waals surface area contributed by atoms with Crippen molar-refractivity contribution in [1.29, 1.82) is 0 Å². The molecule has 2 aliphatic heterocycles. The van der Waals surface area contributed by atoms with Crippen LogP contribution in [0, 0.1) is 0 Å².